The molecule has 5 nitrogen and oxygen atoms in total. The van der Waals surface area contributed by atoms with E-state index in [1.54, 1.807) is 23.0 Å². The lowest BCUT2D eigenvalue weighted by Crippen LogP contribution is -2.17. The molecule has 0 bridgehead atoms. The minimum absolute atomic E-state index is 0.0505. The Morgan fingerprint density at radius 1 is 1.32 bits per heavy atom. The fraction of sp³-hybridized carbons (Fsp3) is 0.280. The van der Waals surface area contributed by atoms with Crippen molar-refractivity contribution in [2.75, 3.05) is 25.0 Å². The second-order valence-electron chi connectivity index (χ2n) is 7.97. The molecule has 1 aliphatic rings. The molecule has 2 aromatic carbocycles. The van der Waals surface area contributed by atoms with Crippen LogP contribution in [-0.4, -0.2) is 36.0 Å². The SMILES string of the molecule is C=Nn1c(-c2ccc(NC[C@@H]3CCNC3)cc2)cnc1/C=C\C(C)c1cccc(F)c1. The molecule has 0 saturated carbocycles. The Balaban J connectivity index is 1.46. The van der Waals surface area contributed by atoms with Crippen molar-refractivity contribution in [2.45, 2.75) is 19.3 Å². The first-order valence-electron chi connectivity index (χ1n) is 10.7. The number of imidazole rings is 1. The minimum atomic E-state index is -0.229. The highest BCUT2D eigenvalue weighted by atomic mass is 19.1. The number of hydrogen-bond acceptors (Lipinski definition) is 4. The van der Waals surface area contributed by atoms with Gasteiger partial charge in [-0.15, -0.1) is 0 Å². The zero-order valence-electron chi connectivity index (χ0n) is 17.8. The van der Waals surface area contributed by atoms with Gasteiger partial charge in [0.2, 0.25) is 0 Å². The highest BCUT2D eigenvalue weighted by Gasteiger charge is 2.14. The molecule has 0 spiro atoms. The second-order valence-corrected chi connectivity index (χ2v) is 7.97. The Hall–Kier alpha value is -3.25. The zero-order valence-corrected chi connectivity index (χ0v) is 17.8. The van der Waals surface area contributed by atoms with Crippen LogP contribution in [0.5, 0.6) is 0 Å². The van der Waals surface area contributed by atoms with Gasteiger partial charge in [-0.25, -0.2) is 14.1 Å². The molecule has 1 aromatic heterocycles. The van der Waals surface area contributed by atoms with Crippen molar-refractivity contribution in [3.05, 3.63) is 78.0 Å². The van der Waals surface area contributed by atoms with Gasteiger partial charge in [0, 0.05) is 24.5 Å². The number of nitrogens with zero attached hydrogens (tertiary/aromatic N) is 3. The highest BCUT2D eigenvalue weighted by molar-refractivity contribution is 5.65. The Bertz CT molecular complexity index is 1050. The average Bonchev–Trinajstić information content (AvgIpc) is 3.46. The summed E-state index contributed by atoms with van der Waals surface area (Å²) in [6.07, 6.45) is 6.92. The fourth-order valence-electron chi connectivity index (χ4n) is 3.86. The summed E-state index contributed by atoms with van der Waals surface area (Å²) in [6, 6.07) is 14.9. The van der Waals surface area contributed by atoms with Gasteiger partial charge in [0.1, 0.15) is 5.82 Å². The van der Waals surface area contributed by atoms with Gasteiger partial charge < -0.3 is 10.6 Å². The normalized spacial score (nSPS) is 17.2. The molecule has 0 radical (unpaired) electrons. The number of halogens is 1. The van der Waals surface area contributed by atoms with E-state index >= 15 is 0 Å². The lowest BCUT2D eigenvalue weighted by molar-refractivity contribution is 0.615. The summed E-state index contributed by atoms with van der Waals surface area (Å²) in [6.45, 7) is 8.91. The van der Waals surface area contributed by atoms with Crippen LogP contribution in [0.4, 0.5) is 10.1 Å². The Morgan fingerprint density at radius 3 is 2.87 bits per heavy atom. The van der Waals surface area contributed by atoms with Gasteiger partial charge in [-0.05, 0) is 67.3 Å². The third-order valence-electron chi connectivity index (χ3n) is 5.75. The van der Waals surface area contributed by atoms with E-state index in [1.165, 1.54) is 12.5 Å². The highest BCUT2D eigenvalue weighted by Crippen LogP contribution is 2.25. The summed E-state index contributed by atoms with van der Waals surface area (Å²) in [7, 11) is 0. The molecule has 4 rings (SSSR count). The smallest absolute Gasteiger partial charge is 0.153 e. The van der Waals surface area contributed by atoms with Gasteiger partial charge >= 0.3 is 0 Å². The number of hydrogen-bond donors (Lipinski definition) is 2. The summed E-state index contributed by atoms with van der Waals surface area (Å²) in [4.78, 5) is 4.50. The lowest BCUT2D eigenvalue weighted by atomic mass is 10.0. The molecule has 6 heteroatoms. The molecule has 2 heterocycles. The van der Waals surface area contributed by atoms with Crippen LogP contribution in [0.15, 0.2) is 65.9 Å². The van der Waals surface area contributed by atoms with Gasteiger partial charge in [0.15, 0.2) is 5.82 Å². The molecule has 1 aliphatic heterocycles. The van der Waals surface area contributed by atoms with E-state index in [1.807, 2.05) is 25.1 Å². The fourth-order valence-corrected chi connectivity index (χ4v) is 3.86. The number of allylic oxidation sites excluding steroid dienone is 1. The van der Waals surface area contributed by atoms with Crippen molar-refractivity contribution in [1.29, 1.82) is 0 Å². The summed E-state index contributed by atoms with van der Waals surface area (Å²) >= 11 is 0. The van der Waals surface area contributed by atoms with Crippen LogP contribution in [0.25, 0.3) is 17.3 Å². The predicted octanol–water partition coefficient (Wildman–Crippen LogP) is 4.99. The maximum absolute atomic E-state index is 13.5. The van der Waals surface area contributed by atoms with Crippen LogP contribution in [-0.2, 0) is 0 Å². The summed E-state index contributed by atoms with van der Waals surface area (Å²) in [5.74, 6) is 1.20. The van der Waals surface area contributed by atoms with Gasteiger partial charge in [0.05, 0.1) is 11.9 Å². The number of nitrogens with one attached hydrogen (secondary N) is 2. The molecule has 3 aromatic rings. The minimum Gasteiger partial charge on any atom is -0.385 e. The van der Waals surface area contributed by atoms with Gasteiger partial charge in [-0.3, -0.25) is 0 Å². The maximum atomic E-state index is 13.5. The third kappa shape index (κ3) is 5.09. The largest absolute Gasteiger partial charge is 0.385 e. The van der Waals surface area contributed by atoms with Gasteiger partial charge in [0.25, 0.3) is 0 Å². The van der Waals surface area contributed by atoms with E-state index in [2.05, 4.69) is 51.7 Å². The van der Waals surface area contributed by atoms with Crippen LogP contribution in [0.1, 0.15) is 30.7 Å². The molecule has 31 heavy (non-hydrogen) atoms. The molecule has 1 fully saturated rings. The van der Waals surface area contributed by atoms with Crippen molar-refractivity contribution in [1.82, 2.24) is 15.0 Å². The molecular weight excluding hydrogens is 389 g/mol. The van der Waals surface area contributed by atoms with E-state index < -0.39 is 0 Å². The van der Waals surface area contributed by atoms with E-state index in [4.69, 9.17) is 0 Å². The number of rotatable bonds is 8. The molecule has 1 unspecified atom stereocenters. The van der Waals surface area contributed by atoms with E-state index in [0.717, 1.165) is 42.1 Å². The standard InChI is InChI=1S/C25H28FN5/c1-18(21-4-3-5-22(26)14-21)6-11-25-30-17-24(31(25)27-2)20-7-9-23(10-8-20)29-16-19-12-13-28-15-19/h3-11,14,17-19,28-29H,2,12-13,15-16H2,1H3/b11-6-/t18?,19-/m1/s1. The molecule has 0 amide bonds. The number of benzene rings is 2. The molecule has 2 atom stereocenters. The Morgan fingerprint density at radius 2 is 2.16 bits per heavy atom. The van der Waals surface area contributed by atoms with Crippen molar-refractivity contribution < 1.29 is 4.39 Å². The maximum Gasteiger partial charge on any atom is 0.153 e. The molecule has 2 N–H and O–H groups in total. The Kier molecular flexibility index (Phi) is 6.57. The second kappa shape index (κ2) is 9.71. The van der Waals surface area contributed by atoms with Crippen LogP contribution in [0, 0.1) is 11.7 Å². The summed E-state index contributed by atoms with van der Waals surface area (Å²) < 4.78 is 15.2. The van der Waals surface area contributed by atoms with Crippen molar-refractivity contribution in [3.8, 4) is 11.3 Å². The van der Waals surface area contributed by atoms with Gasteiger partial charge in [-0.2, -0.15) is 5.10 Å². The first kappa shape index (κ1) is 21.0. The number of anilines is 1. The van der Waals surface area contributed by atoms with E-state index in [9.17, 15) is 4.39 Å². The molecule has 160 valence electrons. The lowest BCUT2D eigenvalue weighted by Gasteiger charge is -2.12. The summed E-state index contributed by atoms with van der Waals surface area (Å²) in [5, 5.41) is 11.1. The average molecular weight is 418 g/mol. The topological polar surface area (TPSA) is 54.2 Å². The van der Waals surface area contributed by atoms with Crippen LogP contribution >= 0.6 is 0 Å². The van der Waals surface area contributed by atoms with Crippen molar-refractivity contribution >= 4 is 18.5 Å². The van der Waals surface area contributed by atoms with Crippen LogP contribution in [0.2, 0.25) is 0 Å². The monoisotopic (exact) mass is 417 g/mol. The van der Waals surface area contributed by atoms with Crippen LogP contribution < -0.4 is 10.6 Å². The predicted molar refractivity (Wildman–Crippen MR) is 126 cm³/mol. The first-order chi connectivity index (χ1) is 15.1. The van der Waals surface area contributed by atoms with Gasteiger partial charge in [-0.1, -0.05) is 37.3 Å². The van der Waals surface area contributed by atoms with Crippen molar-refractivity contribution in [3.63, 3.8) is 0 Å². The molecular formula is C25H28FN5. The van der Waals surface area contributed by atoms with Crippen molar-refractivity contribution in [2.24, 2.45) is 11.0 Å². The quantitative estimate of drug-likeness (QED) is 0.508. The number of aromatic nitrogens is 2. The van der Waals surface area contributed by atoms with Crippen LogP contribution in [0.3, 0.4) is 0 Å². The van der Waals surface area contributed by atoms with E-state index in [0.29, 0.717) is 11.7 Å². The third-order valence-corrected chi connectivity index (χ3v) is 5.75. The molecule has 1 saturated heterocycles. The zero-order chi connectivity index (χ0) is 21.6. The molecule has 0 aliphatic carbocycles. The summed E-state index contributed by atoms with van der Waals surface area (Å²) in [5.41, 5.74) is 3.92. The van der Waals surface area contributed by atoms with E-state index in [-0.39, 0.29) is 11.7 Å². The first-order valence-corrected chi connectivity index (χ1v) is 10.7. The Labute approximate surface area is 182 Å².